The molecule has 0 aromatic carbocycles. The normalized spacial score (nSPS) is 45.9. The van der Waals surface area contributed by atoms with E-state index in [1.807, 2.05) is 7.05 Å². The summed E-state index contributed by atoms with van der Waals surface area (Å²) in [5, 5.41) is 6.80. The number of nitrogens with one attached hydrogen (secondary N) is 2. The topological polar surface area (TPSA) is 33.3 Å². The molecule has 2 aliphatic rings. The van der Waals surface area contributed by atoms with Crippen molar-refractivity contribution in [3.8, 4) is 0 Å². The van der Waals surface area contributed by atoms with Crippen molar-refractivity contribution in [2.75, 3.05) is 20.3 Å². The van der Waals surface area contributed by atoms with E-state index in [1.54, 1.807) is 0 Å². The van der Waals surface area contributed by atoms with E-state index in [9.17, 15) is 0 Å². The van der Waals surface area contributed by atoms with Crippen LogP contribution < -0.4 is 10.6 Å². The van der Waals surface area contributed by atoms with Gasteiger partial charge in [0.05, 0.1) is 13.2 Å². The summed E-state index contributed by atoms with van der Waals surface area (Å²) in [4.78, 5) is 0. The summed E-state index contributed by atoms with van der Waals surface area (Å²) in [6.07, 6.45) is 1.22. The maximum atomic E-state index is 5.39. The zero-order valence-corrected chi connectivity index (χ0v) is 6.26. The molecule has 0 spiro atoms. The molecule has 2 fully saturated rings. The number of fused-ring (bicyclic) bond motifs is 2. The smallest absolute Gasteiger partial charge is 0.0635 e. The Labute approximate surface area is 61.1 Å². The van der Waals surface area contributed by atoms with E-state index in [2.05, 4.69) is 10.6 Å². The van der Waals surface area contributed by atoms with E-state index >= 15 is 0 Å². The van der Waals surface area contributed by atoms with Crippen molar-refractivity contribution in [2.45, 2.75) is 24.5 Å². The Hall–Kier alpha value is -0.120. The standard InChI is InChI=1S/C7H14N2O/c1-8-6-2-5-3-10-4-7(6)9-5/h5-9H,2-4H2,1H3. The molecule has 0 radical (unpaired) electrons. The average Bonchev–Trinajstić information content (AvgIpc) is 2.26. The van der Waals surface area contributed by atoms with Crippen LogP contribution in [0.3, 0.4) is 0 Å². The summed E-state index contributed by atoms with van der Waals surface area (Å²) in [6, 6.07) is 1.80. The van der Waals surface area contributed by atoms with Crippen LogP contribution in [0.2, 0.25) is 0 Å². The molecule has 2 rings (SSSR count). The maximum absolute atomic E-state index is 5.39. The van der Waals surface area contributed by atoms with Gasteiger partial charge in [-0.25, -0.2) is 0 Å². The third kappa shape index (κ3) is 0.944. The first-order chi connectivity index (χ1) is 4.90. The van der Waals surface area contributed by atoms with Crippen LogP contribution in [0.5, 0.6) is 0 Å². The predicted molar refractivity (Wildman–Crippen MR) is 39.0 cm³/mol. The van der Waals surface area contributed by atoms with Crippen molar-refractivity contribution in [3.05, 3.63) is 0 Å². The van der Waals surface area contributed by atoms with Gasteiger partial charge in [-0.1, -0.05) is 0 Å². The highest BCUT2D eigenvalue weighted by Crippen LogP contribution is 2.17. The van der Waals surface area contributed by atoms with Crippen molar-refractivity contribution in [3.63, 3.8) is 0 Å². The lowest BCUT2D eigenvalue weighted by Crippen LogP contribution is -2.46. The second kappa shape index (κ2) is 2.49. The molecule has 0 amide bonds. The van der Waals surface area contributed by atoms with Crippen LogP contribution in [0, 0.1) is 0 Å². The first-order valence-electron chi connectivity index (χ1n) is 3.91. The lowest BCUT2D eigenvalue weighted by molar-refractivity contribution is 0.0703. The van der Waals surface area contributed by atoms with Crippen LogP contribution >= 0.6 is 0 Å². The maximum Gasteiger partial charge on any atom is 0.0635 e. The van der Waals surface area contributed by atoms with Gasteiger partial charge in [0.25, 0.3) is 0 Å². The summed E-state index contributed by atoms with van der Waals surface area (Å²) in [6.45, 7) is 1.77. The molecule has 3 unspecified atom stereocenters. The van der Waals surface area contributed by atoms with Gasteiger partial charge in [-0.05, 0) is 13.5 Å². The molecule has 3 atom stereocenters. The van der Waals surface area contributed by atoms with Crippen LogP contribution in [0.4, 0.5) is 0 Å². The number of ether oxygens (including phenoxy) is 1. The Morgan fingerprint density at radius 1 is 1.50 bits per heavy atom. The Balaban J connectivity index is 2.01. The quantitative estimate of drug-likeness (QED) is 0.509. The number of morpholine rings is 1. The van der Waals surface area contributed by atoms with Gasteiger partial charge in [-0.15, -0.1) is 0 Å². The van der Waals surface area contributed by atoms with E-state index in [4.69, 9.17) is 4.74 Å². The number of rotatable bonds is 1. The highest BCUT2D eigenvalue weighted by Gasteiger charge is 2.35. The molecule has 58 valence electrons. The van der Waals surface area contributed by atoms with Gasteiger partial charge in [0.2, 0.25) is 0 Å². The molecule has 2 saturated heterocycles. The van der Waals surface area contributed by atoms with E-state index in [0.717, 1.165) is 13.2 Å². The minimum Gasteiger partial charge on any atom is -0.378 e. The van der Waals surface area contributed by atoms with Crippen molar-refractivity contribution >= 4 is 0 Å². The fourth-order valence-corrected chi connectivity index (χ4v) is 1.89. The van der Waals surface area contributed by atoms with E-state index < -0.39 is 0 Å². The van der Waals surface area contributed by atoms with Crippen LogP contribution in [-0.4, -0.2) is 38.4 Å². The van der Waals surface area contributed by atoms with Crippen molar-refractivity contribution < 1.29 is 4.74 Å². The lowest BCUT2D eigenvalue weighted by atomic mass is 10.1. The highest BCUT2D eigenvalue weighted by molar-refractivity contribution is 4.97. The fourth-order valence-electron chi connectivity index (χ4n) is 1.89. The molecule has 2 aliphatic heterocycles. The van der Waals surface area contributed by atoms with Gasteiger partial charge in [0.15, 0.2) is 0 Å². The largest absolute Gasteiger partial charge is 0.378 e. The third-order valence-corrected chi connectivity index (χ3v) is 2.46. The first kappa shape index (κ1) is 6.58. The van der Waals surface area contributed by atoms with E-state index in [0.29, 0.717) is 18.1 Å². The lowest BCUT2D eigenvalue weighted by Gasteiger charge is -2.22. The molecule has 0 aliphatic carbocycles. The minimum absolute atomic E-state index is 0.559. The predicted octanol–water partition coefficient (Wildman–Crippen LogP) is -0.665. The zero-order chi connectivity index (χ0) is 6.97. The minimum atomic E-state index is 0.559. The summed E-state index contributed by atoms with van der Waals surface area (Å²) in [7, 11) is 2.02. The van der Waals surface area contributed by atoms with Crippen LogP contribution in [0.25, 0.3) is 0 Å². The fraction of sp³-hybridized carbons (Fsp3) is 1.00. The van der Waals surface area contributed by atoms with Gasteiger partial charge in [-0.2, -0.15) is 0 Å². The van der Waals surface area contributed by atoms with Crippen LogP contribution in [0.15, 0.2) is 0 Å². The molecule has 0 saturated carbocycles. The Bertz CT molecular complexity index is 129. The van der Waals surface area contributed by atoms with Gasteiger partial charge >= 0.3 is 0 Å². The summed E-state index contributed by atoms with van der Waals surface area (Å²) < 4.78 is 5.39. The monoisotopic (exact) mass is 142 g/mol. The summed E-state index contributed by atoms with van der Waals surface area (Å²) in [5.74, 6) is 0. The molecule has 0 aromatic rings. The molecular formula is C7H14N2O. The highest BCUT2D eigenvalue weighted by atomic mass is 16.5. The van der Waals surface area contributed by atoms with Gasteiger partial charge in [0.1, 0.15) is 0 Å². The average molecular weight is 142 g/mol. The number of hydrogen-bond donors (Lipinski definition) is 2. The van der Waals surface area contributed by atoms with Gasteiger partial charge in [0, 0.05) is 18.1 Å². The molecule has 2 N–H and O–H groups in total. The SMILES string of the molecule is CNC1CC2COCC1N2. The van der Waals surface area contributed by atoms with Crippen LogP contribution in [0.1, 0.15) is 6.42 Å². The molecule has 0 aromatic heterocycles. The van der Waals surface area contributed by atoms with Gasteiger partial charge < -0.3 is 15.4 Å². The molecule has 3 heteroatoms. The molecule has 2 heterocycles. The second-order valence-electron chi connectivity index (χ2n) is 3.14. The second-order valence-corrected chi connectivity index (χ2v) is 3.14. The first-order valence-corrected chi connectivity index (χ1v) is 3.91. The summed E-state index contributed by atoms with van der Waals surface area (Å²) in [5.41, 5.74) is 0. The number of likely N-dealkylation sites (N-methyl/N-ethyl adjacent to an activating group) is 1. The third-order valence-electron chi connectivity index (χ3n) is 2.46. The Kier molecular flexibility index (Phi) is 1.64. The molecule has 3 nitrogen and oxygen atoms in total. The van der Waals surface area contributed by atoms with E-state index in [1.165, 1.54) is 6.42 Å². The van der Waals surface area contributed by atoms with Crippen molar-refractivity contribution in [1.82, 2.24) is 10.6 Å². The molecular weight excluding hydrogens is 128 g/mol. The van der Waals surface area contributed by atoms with Crippen molar-refractivity contribution in [1.29, 1.82) is 0 Å². The summed E-state index contributed by atoms with van der Waals surface area (Å²) >= 11 is 0. The van der Waals surface area contributed by atoms with Crippen molar-refractivity contribution in [2.24, 2.45) is 0 Å². The molecule has 10 heavy (non-hydrogen) atoms. The van der Waals surface area contributed by atoms with E-state index in [-0.39, 0.29) is 0 Å². The molecule has 2 bridgehead atoms. The zero-order valence-electron chi connectivity index (χ0n) is 6.26. The Morgan fingerprint density at radius 3 is 3.10 bits per heavy atom. The van der Waals surface area contributed by atoms with Gasteiger partial charge in [-0.3, -0.25) is 0 Å². The number of hydrogen-bond acceptors (Lipinski definition) is 3. The Morgan fingerprint density at radius 2 is 2.40 bits per heavy atom. The van der Waals surface area contributed by atoms with Crippen LogP contribution in [-0.2, 0) is 4.74 Å².